The minimum absolute atomic E-state index is 0.172. The van der Waals surface area contributed by atoms with E-state index < -0.39 is 5.60 Å². The summed E-state index contributed by atoms with van der Waals surface area (Å²) in [6.07, 6.45) is 13.9. The molecule has 0 spiro atoms. The predicted molar refractivity (Wildman–Crippen MR) is 125 cm³/mol. The Labute approximate surface area is 192 Å². The van der Waals surface area contributed by atoms with Gasteiger partial charge in [0.05, 0.1) is 23.3 Å². The summed E-state index contributed by atoms with van der Waals surface area (Å²) in [4.78, 5) is 30.2. The highest BCUT2D eigenvalue weighted by Crippen LogP contribution is 2.29. The van der Waals surface area contributed by atoms with E-state index in [2.05, 4.69) is 29.7 Å². The molecule has 3 heterocycles. The molecule has 0 atom stereocenters. The van der Waals surface area contributed by atoms with E-state index in [4.69, 9.17) is 4.74 Å². The summed E-state index contributed by atoms with van der Waals surface area (Å²) in [6.45, 7) is 5.64. The zero-order valence-corrected chi connectivity index (χ0v) is 19.9. The number of carbonyl (C=O) groups is 1. The molecule has 1 N–H and O–H groups in total. The molecule has 0 radical (unpaired) electrons. The molecule has 1 aliphatic rings. The van der Waals surface area contributed by atoms with Crippen LogP contribution in [-0.2, 0) is 11.2 Å². The minimum Gasteiger partial charge on any atom is -0.444 e. The Balaban J connectivity index is 1.41. The fourth-order valence-electron chi connectivity index (χ4n) is 4.15. The molecule has 0 aliphatic heterocycles. The van der Waals surface area contributed by atoms with Crippen molar-refractivity contribution in [3.63, 3.8) is 0 Å². The molecule has 170 valence electrons. The van der Waals surface area contributed by atoms with Crippen LogP contribution in [0.3, 0.4) is 0 Å². The average molecular weight is 455 g/mol. The Morgan fingerprint density at radius 1 is 1.19 bits per heavy atom. The summed E-state index contributed by atoms with van der Waals surface area (Å²) < 4.78 is 7.44. The monoisotopic (exact) mass is 454 g/mol. The second kappa shape index (κ2) is 9.44. The number of hydrogen-bond acceptors (Lipinski definition) is 7. The number of alkyl carbamates (subject to hydrolysis) is 1. The third kappa shape index (κ3) is 5.38. The number of rotatable bonds is 5. The van der Waals surface area contributed by atoms with E-state index in [1.165, 1.54) is 11.8 Å². The van der Waals surface area contributed by atoms with E-state index in [1.807, 2.05) is 51.7 Å². The first-order chi connectivity index (χ1) is 15.3. The third-order valence-corrected chi connectivity index (χ3v) is 6.19. The summed E-state index contributed by atoms with van der Waals surface area (Å²) in [5, 5.41) is 3.75. The number of amides is 1. The summed E-state index contributed by atoms with van der Waals surface area (Å²) in [7, 11) is 0. The Bertz CT molecular complexity index is 1090. The lowest BCUT2D eigenvalue weighted by molar-refractivity contribution is 0.0487. The van der Waals surface area contributed by atoms with Gasteiger partial charge in [-0.25, -0.2) is 19.7 Å². The van der Waals surface area contributed by atoms with E-state index in [1.54, 1.807) is 6.20 Å². The van der Waals surface area contributed by atoms with Gasteiger partial charge in [-0.2, -0.15) is 0 Å². The van der Waals surface area contributed by atoms with E-state index >= 15 is 0 Å². The highest BCUT2D eigenvalue weighted by molar-refractivity contribution is 7.98. The molecule has 8 nitrogen and oxygen atoms in total. The Hall–Kier alpha value is -2.68. The quantitative estimate of drug-likeness (QED) is 0.447. The first kappa shape index (κ1) is 22.5. The highest BCUT2D eigenvalue weighted by atomic mass is 32.2. The second-order valence-corrected chi connectivity index (χ2v) is 9.98. The van der Waals surface area contributed by atoms with Gasteiger partial charge in [0.2, 0.25) is 0 Å². The van der Waals surface area contributed by atoms with E-state index in [9.17, 15) is 4.79 Å². The standard InChI is InChI=1S/C23H30N6O2S/c1-23(2,3)31-22(30)27-16-7-5-15(6-8-16)13-18-20-26-14-19(29(20)12-11-24-18)17-9-10-25-21(28-17)32-4/h9-12,14-16H,5-8,13H2,1-4H3,(H,27,30). The zero-order chi connectivity index (χ0) is 22.7. The van der Waals surface area contributed by atoms with Gasteiger partial charge < -0.3 is 10.1 Å². The van der Waals surface area contributed by atoms with Gasteiger partial charge in [0.1, 0.15) is 5.60 Å². The van der Waals surface area contributed by atoms with Gasteiger partial charge >= 0.3 is 6.09 Å². The number of ether oxygens (including phenoxy) is 1. The zero-order valence-electron chi connectivity index (χ0n) is 19.0. The third-order valence-electron chi connectivity index (χ3n) is 5.63. The number of aromatic nitrogens is 5. The fourth-order valence-corrected chi connectivity index (χ4v) is 4.50. The number of carbonyl (C=O) groups excluding carboxylic acids is 1. The Morgan fingerprint density at radius 2 is 1.97 bits per heavy atom. The lowest BCUT2D eigenvalue weighted by Crippen LogP contribution is -2.41. The van der Waals surface area contributed by atoms with Crippen molar-refractivity contribution in [2.24, 2.45) is 5.92 Å². The molecule has 9 heteroatoms. The van der Waals surface area contributed by atoms with Gasteiger partial charge in [0, 0.05) is 24.6 Å². The number of nitrogens with zero attached hydrogens (tertiary/aromatic N) is 5. The lowest BCUT2D eigenvalue weighted by Gasteiger charge is -2.30. The smallest absolute Gasteiger partial charge is 0.407 e. The van der Waals surface area contributed by atoms with Crippen molar-refractivity contribution in [1.82, 2.24) is 29.7 Å². The Morgan fingerprint density at radius 3 is 2.69 bits per heavy atom. The molecule has 0 unspecified atom stereocenters. The van der Waals surface area contributed by atoms with Gasteiger partial charge in [-0.1, -0.05) is 11.8 Å². The van der Waals surface area contributed by atoms with Crippen molar-refractivity contribution >= 4 is 23.5 Å². The van der Waals surface area contributed by atoms with Crippen LogP contribution in [0.4, 0.5) is 4.79 Å². The first-order valence-corrected chi connectivity index (χ1v) is 12.2. The van der Waals surface area contributed by atoms with Crippen molar-refractivity contribution in [3.05, 3.63) is 36.5 Å². The van der Waals surface area contributed by atoms with Gasteiger partial charge in [0.25, 0.3) is 0 Å². The van der Waals surface area contributed by atoms with Crippen molar-refractivity contribution in [2.75, 3.05) is 6.26 Å². The van der Waals surface area contributed by atoms with Crippen molar-refractivity contribution < 1.29 is 9.53 Å². The summed E-state index contributed by atoms with van der Waals surface area (Å²) in [5.74, 6) is 0.521. The number of imidazole rings is 1. The van der Waals surface area contributed by atoms with Gasteiger partial charge in [-0.05, 0) is 71.1 Å². The van der Waals surface area contributed by atoms with Crippen LogP contribution in [-0.4, -0.2) is 48.3 Å². The number of thioether (sulfide) groups is 1. The molecule has 32 heavy (non-hydrogen) atoms. The van der Waals surface area contributed by atoms with Crippen LogP contribution >= 0.6 is 11.8 Å². The SMILES string of the molecule is CSc1nccc(-c2cnc3c(CC4CCC(NC(=O)OC(C)(C)C)CC4)nccn23)n1. The summed E-state index contributed by atoms with van der Waals surface area (Å²) in [5.41, 5.74) is 3.19. The molecular formula is C23H30N6O2S. The number of fused-ring (bicyclic) bond motifs is 1. The van der Waals surface area contributed by atoms with Crippen molar-refractivity contribution in [3.8, 4) is 11.4 Å². The van der Waals surface area contributed by atoms with E-state index in [0.29, 0.717) is 5.92 Å². The van der Waals surface area contributed by atoms with Crippen LogP contribution in [0.2, 0.25) is 0 Å². The van der Waals surface area contributed by atoms with Crippen LogP contribution in [0.1, 0.15) is 52.1 Å². The minimum atomic E-state index is -0.475. The molecule has 0 saturated heterocycles. The summed E-state index contributed by atoms with van der Waals surface area (Å²) >= 11 is 1.52. The lowest BCUT2D eigenvalue weighted by atomic mass is 9.83. The molecule has 4 rings (SSSR count). The second-order valence-electron chi connectivity index (χ2n) is 9.21. The van der Waals surface area contributed by atoms with Gasteiger partial charge in [0.15, 0.2) is 10.8 Å². The predicted octanol–water partition coefficient (Wildman–Crippen LogP) is 4.53. The molecule has 3 aromatic heterocycles. The van der Waals surface area contributed by atoms with E-state index in [-0.39, 0.29) is 12.1 Å². The van der Waals surface area contributed by atoms with Crippen LogP contribution in [0, 0.1) is 5.92 Å². The maximum absolute atomic E-state index is 12.0. The van der Waals surface area contributed by atoms with Gasteiger partial charge in [-0.3, -0.25) is 9.38 Å². The summed E-state index contributed by atoms with van der Waals surface area (Å²) in [6, 6.07) is 2.08. The van der Waals surface area contributed by atoms with Crippen molar-refractivity contribution in [1.29, 1.82) is 0 Å². The molecule has 1 aliphatic carbocycles. The molecule has 0 bridgehead atoms. The average Bonchev–Trinajstić information content (AvgIpc) is 3.19. The Kier molecular flexibility index (Phi) is 6.64. The molecule has 1 amide bonds. The van der Waals surface area contributed by atoms with E-state index in [0.717, 1.165) is 60.0 Å². The first-order valence-electron chi connectivity index (χ1n) is 11.0. The highest BCUT2D eigenvalue weighted by Gasteiger charge is 2.26. The van der Waals surface area contributed by atoms with Gasteiger partial charge in [-0.15, -0.1) is 0 Å². The topological polar surface area (TPSA) is 94.3 Å². The maximum Gasteiger partial charge on any atom is 0.407 e. The van der Waals surface area contributed by atoms with Crippen LogP contribution in [0.5, 0.6) is 0 Å². The molecule has 0 aromatic carbocycles. The molecule has 3 aromatic rings. The van der Waals surface area contributed by atoms with Crippen LogP contribution < -0.4 is 5.32 Å². The normalized spacial score (nSPS) is 19.1. The molecule has 1 fully saturated rings. The van der Waals surface area contributed by atoms with Crippen molar-refractivity contribution in [2.45, 2.75) is 69.7 Å². The largest absolute Gasteiger partial charge is 0.444 e. The fraction of sp³-hybridized carbons (Fsp3) is 0.522. The molecule has 1 saturated carbocycles. The maximum atomic E-state index is 12.0. The number of nitrogens with one attached hydrogen (secondary N) is 1. The van der Waals surface area contributed by atoms with Crippen LogP contribution in [0.25, 0.3) is 17.0 Å². The number of hydrogen-bond donors (Lipinski definition) is 1. The van der Waals surface area contributed by atoms with Crippen LogP contribution in [0.15, 0.2) is 36.0 Å². The molecular weight excluding hydrogens is 424 g/mol.